The van der Waals surface area contributed by atoms with Gasteiger partial charge >= 0.3 is 0 Å². The summed E-state index contributed by atoms with van der Waals surface area (Å²) in [6.45, 7) is 4.66. The van der Waals surface area contributed by atoms with Gasteiger partial charge in [-0.2, -0.15) is 0 Å². The highest BCUT2D eigenvalue weighted by atomic mass is 19.1. The highest BCUT2D eigenvalue weighted by molar-refractivity contribution is 5.84. The van der Waals surface area contributed by atoms with E-state index in [2.05, 4.69) is 5.32 Å². The zero-order chi connectivity index (χ0) is 16.3. The molecule has 1 aromatic rings. The van der Waals surface area contributed by atoms with E-state index >= 15 is 0 Å². The molecule has 0 saturated carbocycles. The average Bonchev–Trinajstić information content (AvgIpc) is 2.47. The van der Waals surface area contributed by atoms with E-state index < -0.39 is 6.04 Å². The highest BCUT2D eigenvalue weighted by Gasteiger charge is 2.38. The van der Waals surface area contributed by atoms with Gasteiger partial charge in [-0.3, -0.25) is 9.59 Å². The lowest BCUT2D eigenvalue weighted by Gasteiger charge is -2.38. The Morgan fingerprint density at radius 3 is 2.82 bits per heavy atom. The molecular weight excluding hydrogens is 283 g/mol. The Labute approximate surface area is 130 Å². The predicted octanol–water partition coefficient (Wildman–Crippen LogP) is 2.51. The smallest absolute Gasteiger partial charge is 0.225 e. The lowest BCUT2D eigenvalue weighted by Crippen LogP contribution is -2.46. The molecule has 1 fully saturated rings. The fourth-order valence-corrected chi connectivity index (χ4v) is 2.90. The van der Waals surface area contributed by atoms with E-state index in [0.29, 0.717) is 30.9 Å². The van der Waals surface area contributed by atoms with Gasteiger partial charge in [0.1, 0.15) is 5.82 Å². The summed E-state index contributed by atoms with van der Waals surface area (Å²) in [6.07, 6.45) is 0.844. The summed E-state index contributed by atoms with van der Waals surface area (Å²) in [5, 5.41) is 2.93. The van der Waals surface area contributed by atoms with Gasteiger partial charge in [-0.15, -0.1) is 0 Å². The Kier molecular flexibility index (Phi) is 5.16. The zero-order valence-electron chi connectivity index (χ0n) is 13.3. The van der Waals surface area contributed by atoms with Crippen molar-refractivity contribution in [3.63, 3.8) is 0 Å². The molecule has 4 nitrogen and oxygen atoms in total. The van der Waals surface area contributed by atoms with Crippen molar-refractivity contribution in [1.29, 1.82) is 0 Å². The first-order valence-electron chi connectivity index (χ1n) is 7.69. The van der Waals surface area contributed by atoms with E-state index in [1.807, 2.05) is 13.8 Å². The largest absolute Gasteiger partial charge is 0.356 e. The minimum atomic E-state index is -0.413. The molecule has 1 aromatic carbocycles. The molecule has 0 unspecified atom stereocenters. The van der Waals surface area contributed by atoms with Crippen LogP contribution in [-0.2, 0) is 9.59 Å². The number of hydrogen-bond donors (Lipinski definition) is 1. The number of halogens is 1. The summed E-state index contributed by atoms with van der Waals surface area (Å²) >= 11 is 0. The molecule has 0 aliphatic carbocycles. The molecule has 0 radical (unpaired) electrons. The van der Waals surface area contributed by atoms with E-state index in [0.717, 1.165) is 0 Å². The minimum Gasteiger partial charge on any atom is -0.356 e. The van der Waals surface area contributed by atoms with Crippen molar-refractivity contribution in [2.45, 2.75) is 32.7 Å². The number of hydrogen-bond acceptors (Lipinski definition) is 2. The number of piperidine rings is 1. The molecule has 2 amide bonds. The van der Waals surface area contributed by atoms with Crippen LogP contribution in [0, 0.1) is 17.7 Å². The molecule has 1 heterocycles. The van der Waals surface area contributed by atoms with Gasteiger partial charge in [-0.25, -0.2) is 4.39 Å². The summed E-state index contributed by atoms with van der Waals surface area (Å²) in [4.78, 5) is 26.0. The van der Waals surface area contributed by atoms with E-state index in [-0.39, 0.29) is 23.5 Å². The normalized spacial score (nSPS) is 22.0. The molecule has 2 atom stereocenters. The Hall–Kier alpha value is -1.91. The van der Waals surface area contributed by atoms with Crippen molar-refractivity contribution in [3.8, 4) is 0 Å². The van der Waals surface area contributed by atoms with Gasteiger partial charge in [0.2, 0.25) is 11.8 Å². The maximum absolute atomic E-state index is 13.5. The van der Waals surface area contributed by atoms with E-state index in [1.165, 1.54) is 12.1 Å². The Morgan fingerprint density at radius 1 is 1.45 bits per heavy atom. The molecule has 1 aliphatic heterocycles. The van der Waals surface area contributed by atoms with Crippen LogP contribution in [0.15, 0.2) is 24.3 Å². The molecule has 0 spiro atoms. The van der Waals surface area contributed by atoms with E-state index in [4.69, 9.17) is 0 Å². The Bertz CT molecular complexity index is 559. The molecule has 22 heavy (non-hydrogen) atoms. The number of carbonyl (C=O) groups is 2. The highest BCUT2D eigenvalue weighted by Crippen LogP contribution is 2.36. The minimum absolute atomic E-state index is 0.0119. The Balaban J connectivity index is 2.26. The first-order chi connectivity index (χ1) is 10.4. The number of likely N-dealkylation sites (tertiary alicyclic amines) is 1. The van der Waals surface area contributed by atoms with E-state index in [1.54, 1.807) is 24.1 Å². The number of carbonyl (C=O) groups excluding carboxylic acids is 2. The summed E-state index contributed by atoms with van der Waals surface area (Å²) in [6, 6.07) is 5.74. The number of rotatable bonds is 4. The molecule has 1 N–H and O–H groups in total. The van der Waals surface area contributed by atoms with E-state index in [9.17, 15) is 14.0 Å². The standard InChI is InChI=1S/C17H23FN2O2/c1-11(2)10-19-17(22)14-7-8-15(21)20(3)16(14)12-5-4-6-13(18)9-12/h4-6,9,11,14,16H,7-8,10H2,1-3H3,(H,19,22)/t14-,16+/m1/s1. The number of nitrogens with one attached hydrogen (secondary N) is 1. The van der Waals surface area contributed by atoms with Gasteiger partial charge in [0.25, 0.3) is 0 Å². The van der Waals surface area contributed by atoms with Crippen LogP contribution in [0.4, 0.5) is 4.39 Å². The molecule has 5 heteroatoms. The molecule has 0 bridgehead atoms. The third-order valence-corrected chi connectivity index (χ3v) is 4.07. The lowest BCUT2D eigenvalue weighted by atomic mass is 9.84. The SMILES string of the molecule is CC(C)CNC(=O)[C@@H]1CCC(=O)N(C)[C@H]1c1cccc(F)c1. The second-order valence-electron chi connectivity index (χ2n) is 6.29. The molecule has 1 saturated heterocycles. The maximum Gasteiger partial charge on any atom is 0.225 e. The van der Waals surface area contributed by atoms with Crippen LogP contribution in [0.25, 0.3) is 0 Å². The monoisotopic (exact) mass is 306 g/mol. The molecular formula is C17H23FN2O2. The van der Waals surface area contributed by atoms with Crippen molar-refractivity contribution >= 4 is 11.8 Å². The third kappa shape index (κ3) is 3.64. The predicted molar refractivity (Wildman–Crippen MR) is 82.5 cm³/mol. The lowest BCUT2D eigenvalue weighted by molar-refractivity contribution is -0.141. The van der Waals surface area contributed by atoms with Crippen molar-refractivity contribution in [2.75, 3.05) is 13.6 Å². The summed E-state index contributed by atoms with van der Waals surface area (Å²) in [5.74, 6) is -0.419. The molecule has 0 aromatic heterocycles. The first kappa shape index (κ1) is 16.5. The summed E-state index contributed by atoms with van der Waals surface area (Å²) < 4.78 is 13.5. The van der Waals surface area contributed by atoms with Crippen LogP contribution < -0.4 is 5.32 Å². The van der Waals surface area contributed by atoms with Crippen LogP contribution in [0.3, 0.4) is 0 Å². The van der Waals surface area contributed by atoms with Crippen molar-refractivity contribution in [2.24, 2.45) is 11.8 Å². The van der Waals surface area contributed by atoms with Crippen LogP contribution >= 0.6 is 0 Å². The topological polar surface area (TPSA) is 49.4 Å². The third-order valence-electron chi connectivity index (χ3n) is 4.07. The first-order valence-corrected chi connectivity index (χ1v) is 7.69. The second-order valence-corrected chi connectivity index (χ2v) is 6.29. The van der Waals surface area contributed by atoms with Crippen LogP contribution in [-0.4, -0.2) is 30.3 Å². The maximum atomic E-state index is 13.5. The van der Waals surface area contributed by atoms with Crippen molar-refractivity contribution in [1.82, 2.24) is 10.2 Å². The number of amides is 2. The van der Waals surface area contributed by atoms with Gasteiger partial charge in [0.05, 0.1) is 12.0 Å². The van der Waals surface area contributed by atoms with Crippen LogP contribution in [0.5, 0.6) is 0 Å². The van der Waals surface area contributed by atoms with Gasteiger partial charge in [-0.1, -0.05) is 26.0 Å². The van der Waals surface area contributed by atoms with Crippen LogP contribution in [0.1, 0.15) is 38.3 Å². The quantitative estimate of drug-likeness (QED) is 0.929. The zero-order valence-corrected chi connectivity index (χ0v) is 13.3. The summed E-state index contributed by atoms with van der Waals surface area (Å²) in [5.41, 5.74) is 0.667. The fourth-order valence-electron chi connectivity index (χ4n) is 2.90. The average molecular weight is 306 g/mol. The van der Waals surface area contributed by atoms with Gasteiger partial charge in [0.15, 0.2) is 0 Å². The van der Waals surface area contributed by atoms with Crippen LogP contribution in [0.2, 0.25) is 0 Å². The fraction of sp³-hybridized carbons (Fsp3) is 0.529. The number of benzene rings is 1. The number of nitrogens with zero attached hydrogens (tertiary/aromatic N) is 1. The molecule has 120 valence electrons. The molecule has 1 aliphatic rings. The van der Waals surface area contributed by atoms with Crippen molar-refractivity contribution in [3.05, 3.63) is 35.6 Å². The Morgan fingerprint density at radius 2 is 2.18 bits per heavy atom. The summed E-state index contributed by atoms with van der Waals surface area (Å²) in [7, 11) is 1.68. The molecule has 2 rings (SSSR count). The van der Waals surface area contributed by atoms with Crippen molar-refractivity contribution < 1.29 is 14.0 Å². The van der Waals surface area contributed by atoms with Gasteiger partial charge in [0, 0.05) is 20.0 Å². The van der Waals surface area contributed by atoms with Gasteiger partial charge in [-0.05, 0) is 30.0 Å². The van der Waals surface area contributed by atoms with Gasteiger partial charge < -0.3 is 10.2 Å². The second kappa shape index (κ2) is 6.90.